The molecule has 222 valence electrons. The lowest BCUT2D eigenvalue weighted by Crippen LogP contribution is -1.96. The molecule has 47 heavy (non-hydrogen) atoms. The SMILES string of the molecule is COc1ccc(-n2c3ccc(-n4c5ccccc5c5ccccc54)cc3c3cc4c(cc32)c2ccccc2n4-c2ccccc2)cc1. The van der Waals surface area contributed by atoms with Crippen LogP contribution in [-0.2, 0) is 0 Å². The van der Waals surface area contributed by atoms with Gasteiger partial charge in [-0.3, -0.25) is 0 Å². The highest BCUT2D eigenvalue weighted by molar-refractivity contribution is 6.19. The van der Waals surface area contributed by atoms with Gasteiger partial charge in [0.1, 0.15) is 5.75 Å². The van der Waals surface area contributed by atoms with E-state index in [0.29, 0.717) is 0 Å². The number of methoxy groups -OCH3 is 1. The number of rotatable bonds is 4. The highest BCUT2D eigenvalue weighted by atomic mass is 16.5. The van der Waals surface area contributed by atoms with Gasteiger partial charge in [0.2, 0.25) is 0 Å². The van der Waals surface area contributed by atoms with Crippen LogP contribution in [0.15, 0.2) is 158 Å². The molecule has 0 bridgehead atoms. The van der Waals surface area contributed by atoms with Crippen LogP contribution in [0, 0.1) is 0 Å². The van der Waals surface area contributed by atoms with Gasteiger partial charge in [-0.15, -0.1) is 0 Å². The van der Waals surface area contributed by atoms with E-state index in [1.54, 1.807) is 7.11 Å². The normalized spacial score (nSPS) is 11.9. The monoisotopic (exact) mass is 603 g/mol. The Labute approximate surface area is 270 Å². The van der Waals surface area contributed by atoms with Gasteiger partial charge in [-0.2, -0.15) is 0 Å². The summed E-state index contributed by atoms with van der Waals surface area (Å²) in [5, 5.41) is 7.42. The second-order valence-electron chi connectivity index (χ2n) is 12.2. The second kappa shape index (κ2) is 9.87. The van der Waals surface area contributed by atoms with E-state index < -0.39 is 0 Å². The van der Waals surface area contributed by atoms with E-state index in [-0.39, 0.29) is 0 Å². The average Bonchev–Trinajstić information content (AvgIpc) is 3.76. The van der Waals surface area contributed by atoms with E-state index in [1.807, 2.05) is 12.1 Å². The highest BCUT2D eigenvalue weighted by Gasteiger charge is 2.20. The number of fused-ring (bicyclic) bond motifs is 9. The van der Waals surface area contributed by atoms with E-state index in [0.717, 1.165) is 28.3 Å². The Bertz CT molecular complexity index is 2760. The molecule has 10 aromatic rings. The van der Waals surface area contributed by atoms with Gasteiger partial charge in [-0.1, -0.05) is 72.8 Å². The largest absolute Gasteiger partial charge is 0.497 e. The van der Waals surface area contributed by atoms with Crippen LogP contribution < -0.4 is 4.74 Å². The van der Waals surface area contributed by atoms with Gasteiger partial charge in [0.15, 0.2) is 0 Å². The highest BCUT2D eigenvalue weighted by Crippen LogP contribution is 2.41. The summed E-state index contributed by atoms with van der Waals surface area (Å²) in [6, 6.07) is 56.9. The van der Waals surface area contributed by atoms with Crippen molar-refractivity contribution in [3.8, 4) is 22.8 Å². The van der Waals surface area contributed by atoms with Crippen molar-refractivity contribution in [3.63, 3.8) is 0 Å². The third-order valence-electron chi connectivity index (χ3n) is 9.73. The van der Waals surface area contributed by atoms with Crippen LogP contribution in [0.4, 0.5) is 0 Å². The lowest BCUT2D eigenvalue weighted by molar-refractivity contribution is 0.415. The van der Waals surface area contributed by atoms with Crippen molar-refractivity contribution >= 4 is 65.4 Å². The van der Waals surface area contributed by atoms with Crippen molar-refractivity contribution < 1.29 is 4.74 Å². The van der Waals surface area contributed by atoms with Crippen molar-refractivity contribution in [3.05, 3.63) is 158 Å². The molecule has 4 nitrogen and oxygen atoms in total. The molecule has 0 amide bonds. The molecule has 4 heteroatoms. The number of ether oxygens (including phenoxy) is 1. The third-order valence-corrected chi connectivity index (χ3v) is 9.73. The quantitative estimate of drug-likeness (QED) is 0.196. The van der Waals surface area contributed by atoms with E-state index in [9.17, 15) is 0 Å². The van der Waals surface area contributed by atoms with Crippen LogP contribution in [0.3, 0.4) is 0 Å². The minimum absolute atomic E-state index is 0.844. The van der Waals surface area contributed by atoms with Gasteiger partial charge < -0.3 is 18.4 Å². The molecule has 0 radical (unpaired) electrons. The van der Waals surface area contributed by atoms with Crippen LogP contribution in [0.5, 0.6) is 5.75 Å². The Hall–Kier alpha value is -6.26. The maximum Gasteiger partial charge on any atom is 0.119 e. The lowest BCUT2D eigenvalue weighted by Gasteiger charge is -2.11. The molecule has 0 aliphatic rings. The number of nitrogens with zero attached hydrogens (tertiary/aromatic N) is 3. The molecule has 0 unspecified atom stereocenters. The first-order valence-electron chi connectivity index (χ1n) is 16.0. The summed E-state index contributed by atoms with van der Waals surface area (Å²) in [6.45, 7) is 0. The van der Waals surface area contributed by atoms with E-state index >= 15 is 0 Å². The maximum atomic E-state index is 5.52. The number of hydrogen-bond acceptors (Lipinski definition) is 1. The van der Waals surface area contributed by atoms with Crippen molar-refractivity contribution in [1.29, 1.82) is 0 Å². The molecule has 3 heterocycles. The zero-order valence-corrected chi connectivity index (χ0v) is 25.8. The van der Waals surface area contributed by atoms with Crippen molar-refractivity contribution in [2.75, 3.05) is 7.11 Å². The Morgan fingerprint density at radius 2 is 0.723 bits per heavy atom. The summed E-state index contributed by atoms with van der Waals surface area (Å²) in [5.74, 6) is 0.844. The summed E-state index contributed by atoms with van der Waals surface area (Å²) in [4.78, 5) is 0. The summed E-state index contributed by atoms with van der Waals surface area (Å²) < 4.78 is 12.7. The van der Waals surface area contributed by atoms with Crippen molar-refractivity contribution in [1.82, 2.24) is 13.7 Å². The summed E-state index contributed by atoms with van der Waals surface area (Å²) in [7, 11) is 1.71. The first kappa shape index (κ1) is 26.0. The third kappa shape index (κ3) is 3.70. The molecule has 7 aromatic carbocycles. The fourth-order valence-corrected chi connectivity index (χ4v) is 7.67. The van der Waals surface area contributed by atoms with Crippen molar-refractivity contribution in [2.24, 2.45) is 0 Å². The van der Waals surface area contributed by atoms with Gasteiger partial charge in [0, 0.05) is 49.4 Å². The Morgan fingerprint density at radius 1 is 0.319 bits per heavy atom. The van der Waals surface area contributed by atoms with Gasteiger partial charge in [-0.05, 0) is 84.9 Å². The lowest BCUT2D eigenvalue weighted by atomic mass is 10.1. The van der Waals surface area contributed by atoms with Crippen LogP contribution >= 0.6 is 0 Å². The first-order chi connectivity index (χ1) is 23.3. The molecule has 0 N–H and O–H groups in total. The molecule has 0 atom stereocenters. The minimum Gasteiger partial charge on any atom is -0.497 e. The number of aromatic nitrogens is 3. The number of para-hydroxylation sites is 4. The summed E-state index contributed by atoms with van der Waals surface area (Å²) in [6.07, 6.45) is 0. The first-order valence-corrected chi connectivity index (χ1v) is 16.0. The Kier molecular flexibility index (Phi) is 5.46. The zero-order valence-electron chi connectivity index (χ0n) is 25.8. The zero-order chi connectivity index (χ0) is 31.1. The summed E-state index contributed by atoms with van der Waals surface area (Å²) >= 11 is 0. The number of hydrogen-bond donors (Lipinski definition) is 0. The van der Waals surface area contributed by atoms with Crippen LogP contribution in [0.2, 0.25) is 0 Å². The topological polar surface area (TPSA) is 24.0 Å². The molecule has 0 spiro atoms. The van der Waals surface area contributed by atoms with Crippen LogP contribution in [-0.4, -0.2) is 20.8 Å². The molecule has 0 fully saturated rings. The van der Waals surface area contributed by atoms with Gasteiger partial charge in [0.05, 0.1) is 40.2 Å². The molecule has 10 rings (SSSR count). The predicted molar refractivity (Wildman–Crippen MR) is 196 cm³/mol. The Morgan fingerprint density at radius 3 is 1.30 bits per heavy atom. The van der Waals surface area contributed by atoms with Crippen LogP contribution in [0.1, 0.15) is 0 Å². The average molecular weight is 604 g/mol. The smallest absolute Gasteiger partial charge is 0.119 e. The predicted octanol–water partition coefficient (Wildman–Crippen LogP) is 11.0. The molecule has 3 aromatic heterocycles. The van der Waals surface area contributed by atoms with Gasteiger partial charge in [-0.25, -0.2) is 0 Å². The molecular formula is C43H29N3O. The van der Waals surface area contributed by atoms with E-state index in [1.165, 1.54) is 59.9 Å². The second-order valence-corrected chi connectivity index (χ2v) is 12.2. The molecule has 0 aliphatic heterocycles. The molecule has 0 saturated carbocycles. The van der Waals surface area contributed by atoms with Gasteiger partial charge in [0.25, 0.3) is 0 Å². The maximum absolute atomic E-state index is 5.52. The molecule has 0 saturated heterocycles. The molecular weight excluding hydrogens is 574 g/mol. The van der Waals surface area contributed by atoms with Crippen molar-refractivity contribution in [2.45, 2.75) is 0 Å². The Balaban J connectivity index is 1.35. The number of benzene rings is 7. The summed E-state index contributed by atoms with van der Waals surface area (Å²) in [5.41, 5.74) is 10.5. The molecule has 0 aliphatic carbocycles. The fraction of sp³-hybridized carbons (Fsp3) is 0.0233. The van der Waals surface area contributed by atoms with E-state index in [4.69, 9.17) is 4.74 Å². The minimum atomic E-state index is 0.844. The van der Waals surface area contributed by atoms with Crippen LogP contribution in [0.25, 0.3) is 82.5 Å². The standard InChI is InChI=1S/C43H29N3O/c1-47-31-22-19-29(20-23-31)45-41-24-21-30(46-38-16-8-5-13-32(38)33-14-6-9-17-39(33)46)25-35(41)37-27-42-36(26-43(37)45)34-15-7-10-18-40(34)44(42)28-11-3-2-4-12-28/h2-27H,1H3. The van der Waals surface area contributed by atoms with Gasteiger partial charge >= 0.3 is 0 Å². The fourth-order valence-electron chi connectivity index (χ4n) is 7.67. The van der Waals surface area contributed by atoms with E-state index in [2.05, 4.69) is 159 Å².